The van der Waals surface area contributed by atoms with E-state index in [1.54, 1.807) is 16.2 Å². The highest BCUT2D eigenvalue weighted by Gasteiger charge is 2.36. The molecule has 4 heterocycles. The third-order valence-corrected chi connectivity index (χ3v) is 7.30. The van der Waals surface area contributed by atoms with Crippen LogP contribution in [0, 0.1) is 0 Å². The van der Waals surface area contributed by atoms with Crippen LogP contribution in [-0.4, -0.2) is 43.7 Å². The molecule has 3 aromatic heterocycles. The Kier molecular flexibility index (Phi) is 5.63. The molecule has 1 atom stereocenters. The first kappa shape index (κ1) is 22.0. The molecule has 1 fully saturated rings. The maximum absolute atomic E-state index is 12.8. The summed E-state index contributed by atoms with van der Waals surface area (Å²) in [4.78, 5) is 31.7. The Balaban J connectivity index is 1.32. The van der Waals surface area contributed by atoms with E-state index in [1.807, 2.05) is 70.2 Å². The lowest BCUT2D eigenvalue weighted by atomic mass is 10.1. The van der Waals surface area contributed by atoms with Gasteiger partial charge in [-0.05, 0) is 59.8 Å². The number of carbonyl (C=O) groups excluding carboxylic acids is 1. The number of nitrogens with one attached hydrogen (secondary N) is 2. The van der Waals surface area contributed by atoms with Crippen molar-refractivity contribution in [2.45, 2.75) is 12.6 Å². The fraction of sp³-hybridized carbons (Fsp3) is 0.160. The number of benzene rings is 2. The summed E-state index contributed by atoms with van der Waals surface area (Å²) in [7, 11) is 0. The zero-order valence-electron chi connectivity index (χ0n) is 18.4. The molecule has 5 aromatic rings. The van der Waals surface area contributed by atoms with Gasteiger partial charge in [-0.15, -0.1) is 0 Å². The van der Waals surface area contributed by atoms with E-state index in [-0.39, 0.29) is 18.2 Å². The topological polar surface area (TPSA) is 96.0 Å². The highest BCUT2D eigenvalue weighted by Crippen LogP contribution is 2.36. The van der Waals surface area contributed by atoms with Crippen LogP contribution in [-0.2, 0) is 16.0 Å². The summed E-state index contributed by atoms with van der Waals surface area (Å²) in [6.45, 7) is 0.511. The van der Waals surface area contributed by atoms with E-state index < -0.39 is 6.23 Å². The van der Waals surface area contributed by atoms with Crippen molar-refractivity contribution in [3.63, 3.8) is 0 Å². The summed E-state index contributed by atoms with van der Waals surface area (Å²) in [5.41, 5.74) is 5.86. The third kappa shape index (κ3) is 4.24. The van der Waals surface area contributed by atoms with Crippen molar-refractivity contribution in [2.24, 2.45) is 0 Å². The van der Waals surface area contributed by atoms with Crippen molar-refractivity contribution in [2.75, 3.05) is 13.2 Å². The minimum Gasteiger partial charge on any atom is -0.344 e. The van der Waals surface area contributed by atoms with Crippen LogP contribution in [0.4, 0.5) is 0 Å². The van der Waals surface area contributed by atoms with E-state index in [2.05, 4.69) is 25.9 Å². The van der Waals surface area contributed by atoms with E-state index in [9.17, 15) is 9.59 Å². The molecule has 1 amide bonds. The number of aromatic nitrogens is 4. The van der Waals surface area contributed by atoms with Gasteiger partial charge < -0.3 is 19.6 Å². The molecule has 0 spiro atoms. The lowest BCUT2D eigenvalue weighted by Gasteiger charge is -2.23. The maximum atomic E-state index is 12.8. The molecule has 35 heavy (non-hydrogen) atoms. The third-order valence-electron chi connectivity index (χ3n) is 6.08. The predicted octanol–water partition coefficient (Wildman–Crippen LogP) is 4.63. The van der Waals surface area contributed by atoms with E-state index in [1.165, 1.54) is 0 Å². The highest BCUT2D eigenvalue weighted by atomic mass is 79.9. The number of ether oxygens (including phenoxy) is 1. The first-order valence-electron chi connectivity index (χ1n) is 11.1. The molecule has 1 unspecified atom stereocenters. The molecule has 8 nitrogen and oxygen atoms in total. The number of nitrogens with zero attached hydrogens (tertiary/aromatic N) is 3. The molecule has 0 saturated carbocycles. The molecule has 1 aliphatic heterocycles. The number of H-pyrrole nitrogens is 2. The number of amides is 1. The van der Waals surface area contributed by atoms with E-state index >= 15 is 0 Å². The molecule has 2 aromatic carbocycles. The molecule has 0 aliphatic carbocycles. The van der Waals surface area contributed by atoms with Crippen LogP contribution >= 0.6 is 27.3 Å². The second-order valence-electron chi connectivity index (χ2n) is 8.33. The number of carbonyl (C=O) groups is 1. The number of thiophene rings is 1. The van der Waals surface area contributed by atoms with Gasteiger partial charge in [-0.1, -0.05) is 22.0 Å². The number of fused-ring (bicyclic) bond motifs is 1. The summed E-state index contributed by atoms with van der Waals surface area (Å²) < 4.78 is 8.82. The smallest absolute Gasteiger partial charge is 0.323 e. The largest absolute Gasteiger partial charge is 0.344 e. The van der Waals surface area contributed by atoms with Gasteiger partial charge in [0.15, 0.2) is 6.23 Å². The summed E-state index contributed by atoms with van der Waals surface area (Å²) in [5.74, 6) is -0.0567. The Morgan fingerprint density at radius 3 is 2.71 bits per heavy atom. The number of hydrogen-bond acceptors (Lipinski definition) is 5. The van der Waals surface area contributed by atoms with E-state index in [0.717, 1.165) is 43.6 Å². The zero-order chi connectivity index (χ0) is 23.9. The average molecular weight is 550 g/mol. The standard InChI is InChI=1S/C25H20BrN5O3S/c26-17-2-4-18(5-3-17)31-12-19(23(29-31)16-8-10-35-14-16)24-30(22(32)13-34-24)9-7-15-1-6-20-21(11-15)28-25(33)27-20/h1-6,8,10-12,14,24H,7,9,13H2,(H2,27,28,33). The van der Waals surface area contributed by atoms with Crippen LogP contribution in [0.3, 0.4) is 0 Å². The Bertz CT molecular complexity index is 1570. The molecule has 176 valence electrons. The number of rotatable bonds is 6. The molecule has 0 bridgehead atoms. The lowest BCUT2D eigenvalue weighted by Crippen LogP contribution is -2.30. The molecular formula is C25H20BrN5O3S. The van der Waals surface area contributed by atoms with E-state index in [4.69, 9.17) is 9.84 Å². The lowest BCUT2D eigenvalue weighted by molar-refractivity contribution is -0.128. The maximum Gasteiger partial charge on any atom is 0.323 e. The van der Waals surface area contributed by atoms with Gasteiger partial charge in [0.05, 0.1) is 16.7 Å². The SMILES string of the molecule is O=C1COC(c2cn(-c3ccc(Br)cc3)nc2-c2ccsc2)N1CCc1ccc2[nH]c(=O)[nH]c2c1. The van der Waals surface area contributed by atoms with Crippen molar-refractivity contribution in [3.8, 4) is 16.9 Å². The van der Waals surface area contributed by atoms with Crippen molar-refractivity contribution in [3.05, 3.63) is 91.6 Å². The fourth-order valence-electron chi connectivity index (χ4n) is 4.36. The van der Waals surface area contributed by atoms with Crippen LogP contribution < -0.4 is 5.69 Å². The highest BCUT2D eigenvalue weighted by molar-refractivity contribution is 9.10. The Labute approximate surface area is 212 Å². The molecule has 10 heteroatoms. The van der Waals surface area contributed by atoms with Crippen LogP contribution in [0.1, 0.15) is 17.4 Å². The number of hydrogen-bond donors (Lipinski definition) is 2. The molecule has 1 saturated heterocycles. The van der Waals surface area contributed by atoms with E-state index in [0.29, 0.717) is 13.0 Å². The van der Waals surface area contributed by atoms with Crippen molar-refractivity contribution in [1.29, 1.82) is 0 Å². The molecular weight excluding hydrogens is 530 g/mol. The number of imidazole rings is 1. The minimum absolute atomic E-state index is 0.0291. The number of halogens is 1. The normalized spacial score (nSPS) is 16.0. The first-order valence-corrected chi connectivity index (χ1v) is 12.8. The van der Waals surface area contributed by atoms with Gasteiger partial charge in [-0.25, -0.2) is 9.48 Å². The van der Waals surface area contributed by atoms with Crippen LogP contribution in [0.5, 0.6) is 0 Å². The molecule has 0 radical (unpaired) electrons. The second-order valence-corrected chi connectivity index (χ2v) is 10.0. The average Bonchev–Trinajstić information content (AvgIpc) is 3.63. The zero-order valence-corrected chi connectivity index (χ0v) is 20.8. The quantitative estimate of drug-likeness (QED) is 0.322. The Morgan fingerprint density at radius 1 is 1.09 bits per heavy atom. The summed E-state index contributed by atoms with van der Waals surface area (Å²) in [6, 6.07) is 15.7. The van der Waals surface area contributed by atoms with Gasteiger partial charge in [-0.3, -0.25) is 4.79 Å². The first-order chi connectivity index (χ1) is 17.0. The minimum atomic E-state index is -0.530. The second kappa shape index (κ2) is 8.95. The summed E-state index contributed by atoms with van der Waals surface area (Å²) >= 11 is 5.08. The van der Waals surface area contributed by atoms with Crippen molar-refractivity contribution < 1.29 is 9.53 Å². The molecule has 1 aliphatic rings. The van der Waals surface area contributed by atoms with Gasteiger partial charge in [0.1, 0.15) is 12.3 Å². The van der Waals surface area contributed by atoms with Crippen LogP contribution in [0.15, 0.2) is 74.8 Å². The fourth-order valence-corrected chi connectivity index (χ4v) is 5.26. The predicted molar refractivity (Wildman–Crippen MR) is 138 cm³/mol. The monoisotopic (exact) mass is 549 g/mol. The summed E-state index contributed by atoms with van der Waals surface area (Å²) in [5, 5.41) is 8.92. The molecule has 6 rings (SSSR count). The van der Waals surface area contributed by atoms with Gasteiger partial charge in [0.2, 0.25) is 0 Å². The number of aromatic amines is 2. The van der Waals surface area contributed by atoms with Crippen LogP contribution in [0.25, 0.3) is 28.0 Å². The van der Waals surface area contributed by atoms with Crippen molar-refractivity contribution >= 4 is 44.2 Å². The summed E-state index contributed by atoms with van der Waals surface area (Å²) in [6.07, 6.45) is 2.05. The Hall–Kier alpha value is -3.47. The van der Waals surface area contributed by atoms with Gasteiger partial charge >= 0.3 is 5.69 Å². The van der Waals surface area contributed by atoms with Gasteiger partial charge in [-0.2, -0.15) is 16.4 Å². The van der Waals surface area contributed by atoms with Crippen molar-refractivity contribution in [1.82, 2.24) is 24.6 Å². The van der Waals surface area contributed by atoms with Crippen LogP contribution in [0.2, 0.25) is 0 Å². The Morgan fingerprint density at radius 2 is 1.91 bits per heavy atom. The van der Waals surface area contributed by atoms with Gasteiger partial charge in [0, 0.05) is 33.7 Å². The molecule has 2 N–H and O–H groups in total. The van der Waals surface area contributed by atoms with Gasteiger partial charge in [0.25, 0.3) is 5.91 Å².